The van der Waals surface area contributed by atoms with Crippen molar-refractivity contribution < 1.29 is 4.74 Å². The molecule has 3 aromatic heterocycles. The molecule has 0 spiro atoms. The maximum Gasteiger partial charge on any atom is 0.159 e. The highest BCUT2D eigenvalue weighted by Gasteiger charge is 2.20. The van der Waals surface area contributed by atoms with E-state index in [4.69, 9.17) is 9.72 Å². The molecule has 168 valence electrons. The lowest BCUT2D eigenvalue weighted by molar-refractivity contribution is 0.244. The van der Waals surface area contributed by atoms with E-state index in [0.29, 0.717) is 6.61 Å². The summed E-state index contributed by atoms with van der Waals surface area (Å²) in [5.74, 6) is 1.66. The van der Waals surface area contributed by atoms with Gasteiger partial charge in [-0.15, -0.1) is 0 Å². The van der Waals surface area contributed by atoms with Gasteiger partial charge in [-0.2, -0.15) is 0 Å². The van der Waals surface area contributed by atoms with Crippen molar-refractivity contribution in [1.82, 2.24) is 24.8 Å². The minimum Gasteiger partial charge on any atom is -0.489 e. The first-order valence-electron chi connectivity index (χ1n) is 11.6. The Bertz CT molecular complexity index is 1420. The van der Waals surface area contributed by atoms with E-state index in [0.717, 1.165) is 60.0 Å². The predicted octanol–water partition coefficient (Wildman–Crippen LogP) is 5.16. The van der Waals surface area contributed by atoms with Crippen molar-refractivity contribution in [1.29, 1.82) is 0 Å². The minimum atomic E-state index is 0.566. The van der Waals surface area contributed by atoms with Crippen LogP contribution in [0.4, 0.5) is 0 Å². The number of hydrogen-bond acceptors (Lipinski definition) is 5. The Labute approximate surface area is 198 Å². The normalized spacial score (nSPS) is 13.6. The largest absolute Gasteiger partial charge is 0.489 e. The third kappa shape index (κ3) is 4.28. The number of H-pyrrole nitrogens is 1. The van der Waals surface area contributed by atoms with Crippen molar-refractivity contribution in [2.45, 2.75) is 26.1 Å². The molecule has 0 saturated carbocycles. The van der Waals surface area contributed by atoms with Crippen LogP contribution in [0.3, 0.4) is 0 Å². The summed E-state index contributed by atoms with van der Waals surface area (Å²) < 4.78 is 6.06. The summed E-state index contributed by atoms with van der Waals surface area (Å²) >= 11 is 0. The summed E-state index contributed by atoms with van der Waals surface area (Å²) in [6.07, 6.45) is 8.57. The average molecular weight is 448 g/mol. The van der Waals surface area contributed by atoms with E-state index in [2.05, 4.69) is 50.3 Å². The second kappa shape index (κ2) is 9.08. The molecule has 0 saturated heterocycles. The Morgan fingerprint density at radius 2 is 1.88 bits per heavy atom. The first-order chi connectivity index (χ1) is 16.8. The van der Waals surface area contributed by atoms with E-state index < -0.39 is 0 Å². The van der Waals surface area contributed by atoms with E-state index in [1.54, 1.807) is 12.4 Å². The lowest BCUT2D eigenvalue weighted by atomic mass is 10.1. The fourth-order valence-electron chi connectivity index (χ4n) is 4.51. The zero-order chi connectivity index (χ0) is 22.7. The number of hydrogen-bond donors (Lipinski definition) is 1. The van der Waals surface area contributed by atoms with Crippen LogP contribution in [-0.4, -0.2) is 31.4 Å². The Balaban J connectivity index is 1.17. The number of fused-ring (bicyclic) bond motifs is 2. The SMILES string of the molecule is c1ccc(COc2ccc3[nH]cc(CN4CCc5nc(-c6ccncc6)ncc5C4)c3c2)cc1. The summed E-state index contributed by atoms with van der Waals surface area (Å²) in [5.41, 5.74) is 6.93. The van der Waals surface area contributed by atoms with Crippen molar-refractivity contribution in [3.05, 3.63) is 108 Å². The molecule has 0 radical (unpaired) electrons. The minimum absolute atomic E-state index is 0.566. The number of aromatic nitrogens is 4. The van der Waals surface area contributed by atoms with Crippen molar-refractivity contribution in [2.75, 3.05) is 6.54 Å². The zero-order valence-electron chi connectivity index (χ0n) is 18.8. The number of pyridine rings is 1. The second-order valence-electron chi connectivity index (χ2n) is 8.66. The van der Waals surface area contributed by atoms with Gasteiger partial charge in [0.1, 0.15) is 12.4 Å². The third-order valence-electron chi connectivity index (χ3n) is 6.33. The van der Waals surface area contributed by atoms with Gasteiger partial charge in [0.2, 0.25) is 0 Å². The standard InChI is InChI=1S/C28H25N5O/c1-2-4-20(5-3-1)19-34-24-6-7-27-25(14-24)22(15-30-27)17-33-13-10-26-23(18-33)16-31-28(32-26)21-8-11-29-12-9-21/h1-9,11-12,14-16,30H,10,13,17-19H2. The van der Waals surface area contributed by atoms with Gasteiger partial charge in [-0.3, -0.25) is 9.88 Å². The number of nitrogens with one attached hydrogen (secondary N) is 1. The summed E-state index contributed by atoms with van der Waals surface area (Å²) in [6, 6.07) is 20.4. The highest BCUT2D eigenvalue weighted by molar-refractivity contribution is 5.84. The van der Waals surface area contributed by atoms with Gasteiger partial charge in [0, 0.05) is 72.9 Å². The van der Waals surface area contributed by atoms with Gasteiger partial charge in [-0.25, -0.2) is 9.97 Å². The summed E-state index contributed by atoms with van der Waals surface area (Å²) in [5, 5.41) is 1.21. The topological polar surface area (TPSA) is 66.9 Å². The molecule has 0 fully saturated rings. The van der Waals surface area contributed by atoms with E-state index in [1.807, 2.05) is 42.6 Å². The molecule has 0 bridgehead atoms. The molecule has 0 aliphatic carbocycles. The van der Waals surface area contributed by atoms with Crippen LogP contribution in [0.25, 0.3) is 22.3 Å². The van der Waals surface area contributed by atoms with Gasteiger partial charge in [-0.1, -0.05) is 30.3 Å². The molecule has 1 aliphatic rings. The molecule has 6 nitrogen and oxygen atoms in total. The summed E-state index contributed by atoms with van der Waals surface area (Å²) in [4.78, 5) is 19.4. The van der Waals surface area contributed by atoms with Crippen molar-refractivity contribution in [2.24, 2.45) is 0 Å². The maximum atomic E-state index is 6.06. The maximum absolute atomic E-state index is 6.06. The molecule has 1 N–H and O–H groups in total. The van der Waals surface area contributed by atoms with Crippen LogP contribution in [0.5, 0.6) is 5.75 Å². The number of ether oxygens (including phenoxy) is 1. The summed E-state index contributed by atoms with van der Waals surface area (Å²) in [6.45, 7) is 3.25. The molecule has 0 atom stereocenters. The van der Waals surface area contributed by atoms with Crippen molar-refractivity contribution in [3.8, 4) is 17.1 Å². The van der Waals surface area contributed by atoms with Crippen LogP contribution < -0.4 is 4.74 Å². The predicted molar refractivity (Wildman–Crippen MR) is 132 cm³/mol. The van der Waals surface area contributed by atoms with Crippen LogP contribution in [0.15, 0.2) is 85.5 Å². The molecule has 2 aromatic carbocycles. The first kappa shape index (κ1) is 20.6. The number of nitrogens with zero attached hydrogens (tertiary/aromatic N) is 4. The number of benzene rings is 2. The highest BCUT2D eigenvalue weighted by atomic mass is 16.5. The van der Waals surface area contributed by atoms with Crippen LogP contribution in [0.2, 0.25) is 0 Å². The van der Waals surface area contributed by atoms with Crippen LogP contribution in [0.1, 0.15) is 22.4 Å². The van der Waals surface area contributed by atoms with E-state index >= 15 is 0 Å². The van der Waals surface area contributed by atoms with E-state index in [1.165, 1.54) is 16.5 Å². The fraction of sp³-hybridized carbons (Fsp3) is 0.179. The first-order valence-corrected chi connectivity index (χ1v) is 11.6. The van der Waals surface area contributed by atoms with Crippen LogP contribution >= 0.6 is 0 Å². The molecule has 34 heavy (non-hydrogen) atoms. The summed E-state index contributed by atoms with van der Waals surface area (Å²) in [7, 11) is 0. The molecule has 6 heteroatoms. The Morgan fingerprint density at radius 3 is 2.76 bits per heavy atom. The lowest BCUT2D eigenvalue weighted by Crippen LogP contribution is -2.30. The van der Waals surface area contributed by atoms with Gasteiger partial charge in [0.05, 0.1) is 5.69 Å². The number of aromatic amines is 1. The zero-order valence-corrected chi connectivity index (χ0v) is 18.8. The monoisotopic (exact) mass is 447 g/mol. The van der Waals surface area contributed by atoms with E-state index in [-0.39, 0.29) is 0 Å². The number of rotatable bonds is 6. The third-order valence-corrected chi connectivity index (χ3v) is 6.33. The quantitative estimate of drug-likeness (QED) is 0.390. The average Bonchev–Trinajstić information content (AvgIpc) is 3.30. The van der Waals surface area contributed by atoms with E-state index in [9.17, 15) is 0 Å². The molecular weight excluding hydrogens is 422 g/mol. The molecule has 4 heterocycles. The van der Waals surface area contributed by atoms with Gasteiger partial charge in [0.15, 0.2) is 5.82 Å². The molecular formula is C28H25N5O. The fourth-order valence-corrected chi connectivity index (χ4v) is 4.51. The molecule has 0 unspecified atom stereocenters. The Kier molecular flexibility index (Phi) is 5.49. The lowest BCUT2D eigenvalue weighted by Gasteiger charge is -2.28. The second-order valence-corrected chi connectivity index (χ2v) is 8.66. The van der Waals surface area contributed by atoms with Gasteiger partial charge in [0.25, 0.3) is 0 Å². The smallest absolute Gasteiger partial charge is 0.159 e. The van der Waals surface area contributed by atoms with Crippen molar-refractivity contribution >= 4 is 10.9 Å². The van der Waals surface area contributed by atoms with Gasteiger partial charge in [-0.05, 0) is 41.5 Å². The van der Waals surface area contributed by atoms with Gasteiger partial charge < -0.3 is 9.72 Å². The van der Waals surface area contributed by atoms with Crippen molar-refractivity contribution in [3.63, 3.8) is 0 Å². The molecule has 6 rings (SSSR count). The Morgan fingerprint density at radius 1 is 1.00 bits per heavy atom. The Hall–Kier alpha value is -4.03. The molecule has 5 aromatic rings. The highest BCUT2D eigenvalue weighted by Crippen LogP contribution is 2.27. The molecule has 1 aliphatic heterocycles. The molecule has 0 amide bonds. The van der Waals surface area contributed by atoms with Gasteiger partial charge >= 0.3 is 0 Å². The van der Waals surface area contributed by atoms with Crippen LogP contribution in [-0.2, 0) is 26.1 Å². The van der Waals surface area contributed by atoms with Crippen LogP contribution in [0, 0.1) is 0 Å².